The molecule has 3 rings (SSSR count). The second-order valence-electron chi connectivity index (χ2n) is 6.71. The van der Waals surface area contributed by atoms with Gasteiger partial charge in [-0.25, -0.2) is 0 Å². The fourth-order valence-electron chi connectivity index (χ4n) is 3.40. The van der Waals surface area contributed by atoms with Crippen molar-refractivity contribution in [2.24, 2.45) is 0 Å². The van der Waals surface area contributed by atoms with Crippen LogP contribution in [0.1, 0.15) is 26.2 Å². The van der Waals surface area contributed by atoms with E-state index in [2.05, 4.69) is 43.3 Å². The van der Waals surface area contributed by atoms with Gasteiger partial charge in [-0.1, -0.05) is 104 Å². The summed E-state index contributed by atoms with van der Waals surface area (Å²) >= 11 is 0. The average Bonchev–Trinajstić information content (AvgIpc) is 2.75. The van der Waals surface area contributed by atoms with Gasteiger partial charge < -0.3 is 4.43 Å². The zero-order valence-corrected chi connectivity index (χ0v) is 16.8. The third-order valence-corrected chi connectivity index (χ3v) is 8.82. The maximum Gasteiger partial charge on any atom is 0.288 e. The molecule has 0 unspecified atom stereocenters. The van der Waals surface area contributed by atoms with E-state index in [4.69, 9.17) is 4.43 Å². The van der Waals surface area contributed by atoms with Crippen LogP contribution in [0.2, 0.25) is 0 Å². The molecule has 27 heavy (non-hydrogen) atoms. The minimum absolute atomic E-state index is 0.158. The maximum absolute atomic E-state index is 12.4. The summed E-state index contributed by atoms with van der Waals surface area (Å²) in [6, 6.07) is 31.1. The summed E-state index contributed by atoms with van der Waals surface area (Å²) < 4.78 is 6.64. The second-order valence-corrected chi connectivity index (χ2v) is 10.1. The summed E-state index contributed by atoms with van der Waals surface area (Å²) in [4.78, 5) is 12.4. The Morgan fingerprint density at radius 1 is 0.741 bits per heavy atom. The summed E-state index contributed by atoms with van der Waals surface area (Å²) in [5.74, 6) is 0.177. The molecular formula is C24H26O2Si. The van der Waals surface area contributed by atoms with Crippen LogP contribution in [0.5, 0.6) is 0 Å². The zero-order chi connectivity index (χ0) is 19.0. The topological polar surface area (TPSA) is 26.3 Å². The highest BCUT2D eigenvalue weighted by atomic mass is 28.4. The Kier molecular flexibility index (Phi) is 6.74. The van der Waals surface area contributed by atoms with Gasteiger partial charge >= 0.3 is 0 Å². The van der Waals surface area contributed by atoms with Crippen LogP contribution in [0.3, 0.4) is 0 Å². The lowest BCUT2D eigenvalue weighted by atomic mass is 10.2. The number of hydrogen-bond acceptors (Lipinski definition) is 2. The molecule has 0 fully saturated rings. The molecule has 0 saturated heterocycles. The van der Waals surface area contributed by atoms with Crippen LogP contribution in [-0.4, -0.2) is 20.7 Å². The number of benzene rings is 3. The summed E-state index contributed by atoms with van der Waals surface area (Å²) in [7, 11) is -2.75. The van der Waals surface area contributed by atoms with Crippen molar-refractivity contribution < 1.29 is 9.22 Å². The highest BCUT2D eigenvalue weighted by Gasteiger charge is 2.42. The van der Waals surface area contributed by atoms with Crippen molar-refractivity contribution in [3.63, 3.8) is 0 Å². The predicted octanol–water partition coefficient (Wildman–Crippen LogP) is 3.43. The van der Waals surface area contributed by atoms with Crippen molar-refractivity contribution in [2.75, 3.05) is 6.61 Å². The number of rotatable bonds is 9. The van der Waals surface area contributed by atoms with Crippen molar-refractivity contribution in [2.45, 2.75) is 26.2 Å². The van der Waals surface area contributed by atoms with E-state index in [9.17, 15) is 4.79 Å². The SMILES string of the molecule is CCCCC(=O)CO[Si](c1ccccc1)(c1ccccc1)c1ccccc1. The normalized spacial score (nSPS) is 11.3. The molecule has 138 valence electrons. The van der Waals surface area contributed by atoms with E-state index >= 15 is 0 Å². The molecule has 0 aliphatic heterocycles. The predicted molar refractivity (Wildman–Crippen MR) is 114 cm³/mol. The van der Waals surface area contributed by atoms with Crippen molar-refractivity contribution in [1.29, 1.82) is 0 Å². The number of Topliss-reactive ketones (excluding diaryl/α,β-unsaturated/α-hetero) is 1. The van der Waals surface area contributed by atoms with Gasteiger partial charge in [0.05, 0.1) is 6.61 Å². The molecule has 0 aliphatic carbocycles. The Morgan fingerprint density at radius 3 is 1.52 bits per heavy atom. The van der Waals surface area contributed by atoms with E-state index in [1.54, 1.807) is 0 Å². The highest BCUT2D eigenvalue weighted by molar-refractivity contribution is 7.07. The quantitative estimate of drug-likeness (QED) is 0.424. The van der Waals surface area contributed by atoms with E-state index in [1.165, 1.54) is 0 Å². The largest absolute Gasteiger partial charge is 0.397 e. The van der Waals surface area contributed by atoms with Gasteiger partial charge in [0.25, 0.3) is 8.32 Å². The molecule has 3 aromatic carbocycles. The fraction of sp³-hybridized carbons (Fsp3) is 0.208. The van der Waals surface area contributed by atoms with Gasteiger partial charge in [-0.3, -0.25) is 4.79 Å². The van der Waals surface area contributed by atoms with Gasteiger partial charge in [0.2, 0.25) is 0 Å². The Bertz CT molecular complexity index is 735. The number of hydrogen-bond donors (Lipinski definition) is 0. The smallest absolute Gasteiger partial charge is 0.288 e. The monoisotopic (exact) mass is 374 g/mol. The molecule has 3 heteroatoms. The third kappa shape index (κ3) is 4.44. The summed E-state index contributed by atoms with van der Waals surface area (Å²) in [5.41, 5.74) is 0. The average molecular weight is 375 g/mol. The molecular weight excluding hydrogens is 348 g/mol. The molecule has 0 heterocycles. The van der Waals surface area contributed by atoms with E-state index in [0.717, 1.165) is 28.4 Å². The Balaban J connectivity index is 2.10. The standard InChI is InChI=1S/C24H26O2Si/c1-2-3-13-21(25)20-26-27(22-14-7-4-8-15-22,23-16-9-5-10-17-23)24-18-11-6-12-19-24/h4-12,14-19H,2-3,13,20H2,1H3. The first-order valence-electron chi connectivity index (χ1n) is 9.59. The zero-order valence-electron chi connectivity index (χ0n) is 15.8. The molecule has 0 spiro atoms. The summed E-state index contributed by atoms with van der Waals surface area (Å²) in [6.07, 6.45) is 2.52. The molecule has 0 radical (unpaired) electrons. The van der Waals surface area contributed by atoms with Gasteiger partial charge in [-0.15, -0.1) is 0 Å². The highest BCUT2D eigenvalue weighted by Crippen LogP contribution is 2.10. The van der Waals surface area contributed by atoms with Crippen molar-refractivity contribution in [3.8, 4) is 0 Å². The van der Waals surface area contributed by atoms with E-state index in [-0.39, 0.29) is 12.4 Å². The minimum atomic E-state index is -2.75. The second kappa shape index (κ2) is 9.44. The van der Waals surface area contributed by atoms with Crippen LogP contribution in [0.4, 0.5) is 0 Å². The number of unbranched alkanes of at least 4 members (excludes halogenated alkanes) is 1. The number of ketones is 1. The Morgan fingerprint density at radius 2 is 1.15 bits per heavy atom. The van der Waals surface area contributed by atoms with Gasteiger partial charge in [-0.05, 0) is 22.0 Å². The fourth-order valence-corrected chi connectivity index (χ4v) is 7.27. The first-order chi connectivity index (χ1) is 13.3. The van der Waals surface area contributed by atoms with E-state index in [0.29, 0.717) is 6.42 Å². The van der Waals surface area contributed by atoms with Crippen LogP contribution in [0, 0.1) is 0 Å². The summed E-state index contributed by atoms with van der Waals surface area (Å²) in [6.45, 7) is 2.26. The molecule has 2 nitrogen and oxygen atoms in total. The molecule has 0 atom stereocenters. The summed E-state index contributed by atoms with van der Waals surface area (Å²) in [5, 5.41) is 3.47. The molecule has 0 saturated carbocycles. The maximum atomic E-state index is 12.4. The van der Waals surface area contributed by atoms with Gasteiger partial charge in [0, 0.05) is 6.42 Å². The van der Waals surface area contributed by atoms with Crippen molar-refractivity contribution >= 4 is 29.7 Å². The van der Waals surface area contributed by atoms with Crippen molar-refractivity contribution in [1.82, 2.24) is 0 Å². The van der Waals surface area contributed by atoms with Crippen LogP contribution in [0.15, 0.2) is 91.0 Å². The minimum Gasteiger partial charge on any atom is -0.397 e. The van der Waals surface area contributed by atoms with Crippen LogP contribution in [0.25, 0.3) is 0 Å². The lowest BCUT2D eigenvalue weighted by molar-refractivity contribution is -0.121. The van der Waals surface area contributed by atoms with E-state index < -0.39 is 8.32 Å². The number of carbonyl (C=O) groups is 1. The molecule has 0 amide bonds. The molecule has 3 aromatic rings. The van der Waals surface area contributed by atoms with Crippen LogP contribution >= 0.6 is 0 Å². The molecule has 0 aliphatic rings. The van der Waals surface area contributed by atoms with Crippen molar-refractivity contribution in [3.05, 3.63) is 91.0 Å². The third-order valence-electron chi connectivity index (χ3n) is 4.80. The first-order valence-corrected chi connectivity index (χ1v) is 11.5. The van der Waals surface area contributed by atoms with Gasteiger partial charge in [0.1, 0.15) is 0 Å². The van der Waals surface area contributed by atoms with Crippen LogP contribution in [-0.2, 0) is 9.22 Å². The van der Waals surface area contributed by atoms with Crippen LogP contribution < -0.4 is 15.6 Å². The van der Waals surface area contributed by atoms with E-state index in [1.807, 2.05) is 54.6 Å². The molecule has 0 N–H and O–H groups in total. The van der Waals surface area contributed by atoms with Gasteiger partial charge in [-0.2, -0.15) is 0 Å². The Labute approximate surface area is 163 Å². The lowest BCUT2D eigenvalue weighted by Gasteiger charge is -2.32. The lowest BCUT2D eigenvalue weighted by Crippen LogP contribution is -2.69. The first kappa shape index (κ1) is 19.3. The number of carbonyl (C=O) groups excluding carboxylic acids is 1. The molecule has 0 aromatic heterocycles. The molecule has 0 bridgehead atoms. The Hall–Kier alpha value is -2.49. The van der Waals surface area contributed by atoms with Gasteiger partial charge in [0.15, 0.2) is 5.78 Å².